The van der Waals surface area contributed by atoms with E-state index in [1.165, 1.54) is 11.4 Å². The predicted octanol–water partition coefficient (Wildman–Crippen LogP) is 1.92. The number of benzene rings is 1. The summed E-state index contributed by atoms with van der Waals surface area (Å²) in [5.41, 5.74) is 7.60. The van der Waals surface area contributed by atoms with Gasteiger partial charge in [0.05, 0.1) is 17.7 Å². The highest BCUT2D eigenvalue weighted by Crippen LogP contribution is 2.34. The van der Waals surface area contributed by atoms with Crippen LogP contribution in [0.25, 0.3) is 0 Å². The Morgan fingerprint density at radius 2 is 1.79 bits per heavy atom. The maximum absolute atomic E-state index is 12.5. The SMILES string of the molecule is CCN(CC)S(=O)(=O)c1cc(C)c(OC)c(N)c1C. The number of sulfonamides is 1. The molecule has 1 aromatic rings. The van der Waals surface area contributed by atoms with Crippen molar-refractivity contribution in [3.05, 3.63) is 17.2 Å². The van der Waals surface area contributed by atoms with Crippen LogP contribution in [0.3, 0.4) is 0 Å². The Kier molecular flexibility index (Phi) is 4.81. The molecule has 0 heterocycles. The molecule has 0 radical (unpaired) electrons. The lowest BCUT2D eigenvalue weighted by Gasteiger charge is -2.22. The van der Waals surface area contributed by atoms with Crippen LogP contribution in [0.4, 0.5) is 5.69 Å². The Labute approximate surface area is 115 Å². The van der Waals surface area contributed by atoms with Crippen molar-refractivity contribution in [3.8, 4) is 5.75 Å². The van der Waals surface area contributed by atoms with E-state index < -0.39 is 10.0 Å². The number of rotatable bonds is 5. The summed E-state index contributed by atoms with van der Waals surface area (Å²) in [6, 6.07) is 1.62. The number of nitrogens with two attached hydrogens (primary N) is 1. The first kappa shape index (κ1) is 15.8. The van der Waals surface area contributed by atoms with Gasteiger partial charge in [-0.2, -0.15) is 4.31 Å². The summed E-state index contributed by atoms with van der Waals surface area (Å²) in [6.07, 6.45) is 0. The van der Waals surface area contributed by atoms with E-state index in [9.17, 15) is 8.42 Å². The molecule has 0 aliphatic rings. The molecule has 2 N–H and O–H groups in total. The Morgan fingerprint density at radius 3 is 2.21 bits per heavy atom. The summed E-state index contributed by atoms with van der Waals surface area (Å²) in [7, 11) is -1.98. The zero-order chi connectivity index (χ0) is 14.8. The molecule has 0 unspecified atom stereocenters. The lowest BCUT2D eigenvalue weighted by molar-refractivity contribution is 0.412. The van der Waals surface area contributed by atoms with Gasteiger partial charge in [-0.1, -0.05) is 13.8 Å². The van der Waals surface area contributed by atoms with E-state index >= 15 is 0 Å². The Balaban J connectivity index is 3.53. The number of aryl methyl sites for hydroxylation is 1. The molecule has 5 nitrogen and oxygen atoms in total. The second-order valence-electron chi connectivity index (χ2n) is 4.35. The molecule has 0 aromatic heterocycles. The third-order valence-electron chi connectivity index (χ3n) is 3.25. The molecule has 0 saturated carbocycles. The fourth-order valence-corrected chi connectivity index (χ4v) is 3.91. The average Bonchev–Trinajstić information content (AvgIpc) is 2.35. The van der Waals surface area contributed by atoms with Crippen molar-refractivity contribution < 1.29 is 13.2 Å². The van der Waals surface area contributed by atoms with Gasteiger partial charge in [0.15, 0.2) is 0 Å². The van der Waals surface area contributed by atoms with Gasteiger partial charge in [-0.05, 0) is 31.0 Å². The van der Waals surface area contributed by atoms with Crippen LogP contribution in [0.15, 0.2) is 11.0 Å². The number of nitrogen functional groups attached to an aromatic ring is 1. The average molecular weight is 286 g/mol. The van der Waals surface area contributed by atoms with Crippen molar-refractivity contribution in [2.45, 2.75) is 32.6 Å². The normalized spacial score (nSPS) is 11.9. The highest BCUT2D eigenvalue weighted by Gasteiger charge is 2.26. The monoisotopic (exact) mass is 286 g/mol. The number of hydrogen-bond donors (Lipinski definition) is 1. The van der Waals surface area contributed by atoms with Crippen molar-refractivity contribution in [2.75, 3.05) is 25.9 Å². The largest absolute Gasteiger partial charge is 0.494 e. The molecule has 0 aliphatic heterocycles. The fourth-order valence-electron chi connectivity index (χ4n) is 2.13. The number of methoxy groups -OCH3 is 1. The van der Waals surface area contributed by atoms with Crippen LogP contribution in [0.5, 0.6) is 5.75 Å². The van der Waals surface area contributed by atoms with Crippen molar-refractivity contribution in [1.29, 1.82) is 0 Å². The zero-order valence-electron chi connectivity index (χ0n) is 12.1. The molecule has 0 fully saturated rings. The van der Waals surface area contributed by atoms with Gasteiger partial charge in [0.2, 0.25) is 10.0 Å². The first-order valence-corrected chi connectivity index (χ1v) is 7.69. The van der Waals surface area contributed by atoms with Crippen LogP contribution in [0.1, 0.15) is 25.0 Å². The molecule has 108 valence electrons. The maximum atomic E-state index is 12.5. The van der Waals surface area contributed by atoms with Gasteiger partial charge >= 0.3 is 0 Å². The number of anilines is 1. The summed E-state index contributed by atoms with van der Waals surface area (Å²) in [5, 5.41) is 0. The minimum Gasteiger partial charge on any atom is -0.494 e. The summed E-state index contributed by atoms with van der Waals surface area (Å²) < 4.78 is 31.7. The van der Waals surface area contributed by atoms with E-state index in [0.29, 0.717) is 30.1 Å². The Morgan fingerprint density at radius 1 is 1.26 bits per heavy atom. The topological polar surface area (TPSA) is 72.6 Å². The molecular formula is C13H22N2O3S. The molecule has 0 spiro atoms. The van der Waals surface area contributed by atoms with E-state index in [0.717, 1.165) is 5.56 Å². The molecule has 0 saturated heterocycles. The molecule has 0 amide bonds. The van der Waals surface area contributed by atoms with Crippen molar-refractivity contribution in [1.82, 2.24) is 4.31 Å². The lowest BCUT2D eigenvalue weighted by Crippen LogP contribution is -2.31. The van der Waals surface area contributed by atoms with Gasteiger partial charge < -0.3 is 10.5 Å². The summed E-state index contributed by atoms with van der Waals surface area (Å²) in [5.74, 6) is 0.538. The molecule has 6 heteroatoms. The van der Waals surface area contributed by atoms with Gasteiger partial charge in [-0.15, -0.1) is 0 Å². The van der Waals surface area contributed by atoms with Crippen LogP contribution in [0, 0.1) is 13.8 Å². The third kappa shape index (κ3) is 2.69. The van der Waals surface area contributed by atoms with E-state index in [1.807, 2.05) is 13.8 Å². The Bertz CT molecular complexity index is 564. The summed E-state index contributed by atoms with van der Waals surface area (Å²) >= 11 is 0. The smallest absolute Gasteiger partial charge is 0.243 e. The predicted molar refractivity (Wildman–Crippen MR) is 77.0 cm³/mol. The molecule has 1 rings (SSSR count). The van der Waals surface area contributed by atoms with E-state index in [1.54, 1.807) is 19.9 Å². The first-order valence-electron chi connectivity index (χ1n) is 6.25. The molecule has 0 bridgehead atoms. The number of ether oxygens (including phenoxy) is 1. The molecular weight excluding hydrogens is 264 g/mol. The van der Waals surface area contributed by atoms with Crippen molar-refractivity contribution >= 4 is 15.7 Å². The van der Waals surface area contributed by atoms with Crippen molar-refractivity contribution in [2.24, 2.45) is 0 Å². The van der Waals surface area contributed by atoms with Crippen molar-refractivity contribution in [3.63, 3.8) is 0 Å². The minimum atomic E-state index is -3.50. The minimum absolute atomic E-state index is 0.256. The molecule has 0 aliphatic carbocycles. The highest BCUT2D eigenvalue weighted by atomic mass is 32.2. The third-order valence-corrected chi connectivity index (χ3v) is 5.43. The summed E-state index contributed by atoms with van der Waals surface area (Å²) in [4.78, 5) is 0.256. The quantitative estimate of drug-likeness (QED) is 0.839. The summed E-state index contributed by atoms with van der Waals surface area (Å²) in [6.45, 7) is 7.99. The van der Waals surface area contributed by atoms with Crippen LogP contribution >= 0.6 is 0 Å². The molecule has 19 heavy (non-hydrogen) atoms. The molecule has 1 aromatic carbocycles. The van der Waals surface area contributed by atoms with Crippen LogP contribution < -0.4 is 10.5 Å². The fraction of sp³-hybridized carbons (Fsp3) is 0.538. The zero-order valence-corrected chi connectivity index (χ0v) is 13.0. The van der Waals surface area contributed by atoms with Crippen LogP contribution in [-0.2, 0) is 10.0 Å². The molecule has 0 atom stereocenters. The van der Waals surface area contributed by atoms with E-state index in [2.05, 4.69) is 0 Å². The van der Waals surface area contributed by atoms with Gasteiger partial charge in [0, 0.05) is 13.1 Å². The first-order chi connectivity index (χ1) is 8.81. The van der Waals surface area contributed by atoms with Gasteiger partial charge in [-0.25, -0.2) is 8.42 Å². The number of hydrogen-bond acceptors (Lipinski definition) is 4. The van der Waals surface area contributed by atoms with Crippen LogP contribution in [0.2, 0.25) is 0 Å². The maximum Gasteiger partial charge on any atom is 0.243 e. The second-order valence-corrected chi connectivity index (χ2v) is 6.26. The van der Waals surface area contributed by atoms with Gasteiger partial charge in [0.25, 0.3) is 0 Å². The number of nitrogens with zero attached hydrogens (tertiary/aromatic N) is 1. The van der Waals surface area contributed by atoms with E-state index in [-0.39, 0.29) is 4.90 Å². The van der Waals surface area contributed by atoms with E-state index in [4.69, 9.17) is 10.5 Å². The lowest BCUT2D eigenvalue weighted by atomic mass is 10.1. The standard InChI is InChI=1S/C13H22N2O3S/c1-6-15(7-2)19(16,17)11-8-9(3)13(18-5)12(14)10(11)4/h8H,6-7,14H2,1-5H3. The van der Waals surface area contributed by atoms with Gasteiger partial charge in [0.1, 0.15) is 5.75 Å². The van der Waals surface area contributed by atoms with Crippen LogP contribution in [-0.4, -0.2) is 32.9 Å². The Hall–Kier alpha value is -1.27. The highest BCUT2D eigenvalue weighted by molar-refractivity contribution is 7.89. The second kappa shape index (κ2) is 5.79. The van der Waals surface area contributed by atoms with Gasteiger partial charge in [-0.3, -0.25) is 0 Å².